The van der Waals surface area contributed by atoms with E-state index in [1.165, 1.54) is 11.1 Å². The first-order valence-corrected chi connectivity index (χ1v) is 12.3. The van der Waals surface area contributed by atoms with Crippen LogP contribution in [0.25, 0.3) is 0 Å². The highest BCUT2D eigenvalue weighted by Gasteiger charge is 2.20. The van der Waals surface area contributed by atoms with E-state index in [2.05, 4.69) is 74.0 Å². The molecule has 1 aliphatic heterocycles. The number of fused-ring (bicyclic) bond motifs is 1. The molecule has 0 unspecified atom stereocenters. The van der Waals surface area contributed by atoms with Crippen molar-refractivity contribution in [3.63, 3.8) is 0 Å². The van der Waals surface area contributed by atoms with Crippen molar-refractivity contribution in [3.05, 3.63) is 59.4 Å². The largest absolute Gasteiger partial charge is 0.355 e. The number of anilines is 5. The number of nitrogens with one attached hydrogen (secondary N) is 4. The van der Waals surface area contributed by atoms with Gasteiger partial charge in [-0.1, -0.05) is 6.07 Å². The summed E-state index contributed by atoms with van der Waals surface area (Å²) >= 11 is 0. The Morgan fingerprint density at radius 3 is 2.58 bits per heavy atom. The van der Waals surface area contributed by atoms with E-state index in [0.29, 0.717) is 17.3 Å². The summed E-state index contributed by atoms with van der Waals surface area (Å²) in [5.74, 6) is 1.40. The standard InChI is InChI=1S/C27H36N8O/c1-17(2)31-25(36)22-16-30-26(33-20-8-7-18-9-11-28-15-19(18)13-20)34-24(22)32-21-10-12-29-23(14-21)35(6)27(3,4)5/h7-8,10,12-14,16-17,28H,9,11,15H2,1-6H3,(H,31,36)(H2,29,30,32,33,34). The average molecular weight is 489 g/mol. The zero-order valence-corrected chi connectivity index (χ0v) is 21.9. The van der Waals surface area contributed by atoms with Gasteiger partial charge in [0.25, 0.3) is 5.91 Å². The van der Waals surface area contributed by atoms with Crippen LogP contribution in [0.15, 0.2) is 42.7 Å². The highest BCUT2D eigenvalue weighted by molar-refractivity contribution is 5.99. The van der Waals surface area contributed by atoms with Crippen LogP contribution in [0.1, 0.15) is 56.1 Å². The molecule has 3 heterocycles. The normalized spacial score (nSPS) is 13.2. The first-order chi connectivity index (χ1) is 17.1. The lowest BCUT2D eigenvalue weighted by molar-refractivity contribution is 0.0943. The molecule has 0 saturated carbocycles. The first-order valence-electron chi connectivity index (χ1n) is 12.3. The third kappa shape index (κ3) is 6.09. The number of hydrogen-bond acceptors (Lipinski definition) is 8. The second-order valence-corrected chi connectivity index (χ2v) is 10.4. The van der Waals surface area contributed by atoms with Gasteiger partial charge in [0.2, 0.25) is 5.95 Å². The van der Waals surface area contributed by atoms with Crippen molar-refractivity contribution >= 4 is 34.9 Å². The molecule has 0 radical (unpaired) electrons. The number of aromatic nitrogens is 3. The zero-order valence-electron chi connectivity index (χ0n) is 21.9. The molecular formula is C27H36N8O. The van der Waals surface area contributed by atoms with E-state index in [9.17, 15) is 4.79 Å². The van der Waals surface area contributed by atoms with Crippen LogP contribution in [0.3, 0.4) is 0 Å². The molecule has 190 valence electrons. The summed E-state index contributed by atoms with van der Waals surface area (Å²) in [5, 5.41) is 12.9. The second kappa shape index (κ2) is 10.5. The van der Waals surface area contributed by atoms with E-state index in [0.717, 1.165) is 36.7 Å². The zero-order chi connectivity index (χ0) is 25.9. The Kier molecular flexibility index (Phi) is 7.40. The van der Waals surface area contributed by atoms with Gasteiger partial charge in [0.1, 0.15) is 17.2 Å². The van der Waals surface area contributed by atoms with Crippen LogP contribution < -0.4 is 26.2 Å². The Morgan fingerprint density at radius 2 is 1.83 bits per heavy atom. The van der Waals surface area contributed by atoms with Gasteiger partial charge in [-0.2, -0.15) is 4.98 Å². The third-order valence-electron chi connectivity index (χ3n) is 6.16. The van der Waals surface area contributed by atoms with Crippen molar-refractivity contribution in [1.29, 1.82) is 0 Å². The fourth-order valence-corrected chi connectivity index (χ4v) is 3.89. The summed E-state index contributed by atoms with van der Waals surface area (Å²) in [4.78, 5) is 28.7. The van der Waals surface area contributed by atoms with Gasteiger partial charge < -0.3 is 26.2 Å². The average Bonchev–Trinajstić information content (AvgIpc) is 2.83. The van der Waals surface area contributed by atoms with E-state index < -0.39 is 0 Å². The maximum atomic E-state index is 12.9. The Hall–Kier alpha value is -3.72. The lowest BCUT2D eigenvalue weighted by Gasteiger charge is -2.33. The molecule has 0 saturated heterocycles. The number of pyridine rings is 1. The fraction of sp³-hybridized carbons (Fsp3) is 0.407. The fourth-order valence-electron chi connectivity index (χ4n) is 3.89. The van der Waals surface area contributed by atoms with Crippen LogP contribution in [0.5, 0.6) is 0 Å². The maximum Gasteiger partial charge on any atom is 0.256 e. The van der Waals surface area contributed by atoms with Gasteiger partial charge in [0.05, 0.1) is 0 Å². The smallest absolute Gasteiger partial charge is 0.256 e. The molecule has 9 nitrogen and oxygen atoms in total. The Balaban J connectivity index is 1.64. The minimum Gasteiger partial charge on any atom is -0.355 e. The van der Waals surface area contributed by atoms with Gasteiger partial charge in [-0.3, -0.25) is 4.79 Å². The number of amides is 1. The Bertz CT molecular complexity index is 1230. The summed E-state index contributed by atoms with van der Waals surface area (Å²) in [6, 6.07) is 10.1. The molecule has 2 aromatic heterocycles. The van der Waals surface area contributed by atoms with Crippen LogP contribution >= 0.6 is 0 Å². The molecule has 0 bridgehead atoms. The Morgan fingerprint density at radius 1 is 1.06 bits per heavy atom. The molecule has 1 aromatic carbocycles. The quantitative estimate of drug-likeness (QED) is 0.388. The summed E-state index contributed by atoms with van der Waals surface area (Å²) in [6.07, 6.45) is 4.33. The highest BCUT2D eigenvalue weighted by atomic mass is 16.1. The summed E-state index contributed by atoms with van der Waals surface area (Å²) in [5.41, 5.74) is 4.58. The summed E-state index contributed by atoms with van der Waals surface area (Å²) in [6.45, 7) is 12.1. The summed E-state index contributed by atoms with van der Waals surface area (Å²) < 4.78 is 0. The van der Waals surface area contributed by atoms with Crippen molar-refractivity contribution in [2.75, 3.05) is 29.1 Å². The van der Waals surface area contributed by atoms with Gasteiger partial charge in [-0.25, -0.2) is 9.97 Å². The number of hydrogen-bond donors (Lipinski definition) is 4. The van der Waals surface area contributed by atoms with Crippen LogP contribution in [0.2, 0.25) is 0 Å². The topological polar surface area (TPSA) is 107 Å². The third-order valence-corrected chi connectivity index (χ3v) is 6.16. The van der Waals surface area contributed by atoms with Gasteiger partial charge in [0.15, 0.2) is 0 Å². The Labute approximate surface area is 213 Å². The number of benzene rings is 1. The van der Waals surface area contributed by atoms with Crippen LogP contribution in [-0.2, 0) is 13.0 Å². The lowest BCUT2D eigenvalue weighted by atomic mass is 10.0. The number of carbonyl (C=O) groups excluding carboxylic acids is 1. The predicted octanol–water partition coefficient (Wildman–Crippen LogP) is 4.38. The van der Waals surface area contributed by atoms with Gasteiger partial charge in [-0.15, -0.1) is 0 Å². The molecule has 0 atom stereocenters. The van der Waals surface area contributed by atoms with E-state index in [1.807, 2.05) is 39.1 Å². The molecule has 36 heavy (non-hydrogen) atoms. The van der Waals surface area contributed by atoms with Crippen LogP contribution in [-0.4, -0.2) is 46.0 Å². The minimum atomic E-state index is -0.236. The molecule has 4 N–H and O–H groups in total. The maximum absolute atomic E-state index is 12.9. The lowest BCUT2D eigenvalue weighted by Crippen LogP contribution is -2.38. The van der Waals surface area contributed by atoms with Crippen molar-refractivity contribution in [2.24, 2.45) is 0 Å². The van der Waals surface area contributed by atoms with Crippen LogP contribution in [0, 0.1) is 0 Å². The molecule has 1 aliphatic rings. The highest BCUT2D eigenvalue weighted by Crippen LogP contribution is 2.27. The van der Waals surface area contributed by atoms with Crippen molar-refractivity contribution in [2.45, 2.75) is 59.2 Å². The second-order valence-electron chi connectivity index (χ2n) is 10.4. The van der Waals surface area contributed by atoms with E-state index >= 15 is 0 Å². The molecular weight excluding hydrogens is 452 g/mol. The molecule has 1 amide bonds. The summed E-state index contributed by atoms with van der Waals surface area (Å²) in [7, 11) is 2.01. The molecule has 0 aliphatic carbocycles. The predicted molar refractivity (Wildman–Crippen MR) is 145 cm³/mol. The van der Waals surface area contributed by atoms with Crippen LogP contribution in [0.4, 0.5) is 29.0 Å². The van der Waals surface area contributed by atoms with E-state index in [4.69, 9.17) is 0 Å². The molecule has 4 rings (SSSR count). The van der Waals surface area contributed by atoms with Gasteiger partial charge >= 0.3 is 0 Å². The number of rotatable bonds is 7. The molecule has 9 heteroatoms. The van der Waals surface area contributed by atoms with Crippen molar-refractivity contribution < 1.29 is 4.79 Å². The van der Waals surface area contributed by atoms with E-state index in [1.54, 1.807) is 12.4 Å². The van der Waals surface area contributed by atoms with Crippen molar-refractivity contribution in [3.8, 4) is 0 Å². The number of carbonyl (C=O) groups is 1. The number of nitrogens with zero attached hydrogens (tertiary/aromatic N) is 4. The SMILES string of the molecule is CC(C)NC(=O)c1cnc(Nc2ccc3c(c2)CNCC3)nc1Nc1ccnc(N(C)C(C)(C)C)c1. The molecule has 0 fully saturated rings. The van der Waals surface area contributed by atoms with Gasteiger partial charge in [0, 0.05) is 55.0 Å². The van der Waals surface area contributed by atoms with Crippen molar-refractivity contribution in [1.82, 2.24) is 25.6 Å². The molecule has 3 aromatic rings. The molecule has 0 spiro atoms. The first kappa shape index (κ1) is 25.4. The minimum absolute atomic E-state index is 0.0137. The van der Waals surface area contributed by atoms with Gasteiger partial charge in [-0.05, 0) is 76.9 Å². The monoisotopic (exact) mass is 488 g/mol. The van der Waals surface area contributed by atoms with E-state index in [-0.39, 0.29) is 17.5 Å².